The number of hydrogen-bond acceptors (Lipinski definition) is 5. The summed E-state index contributed by atoms with van der Waals surface area (Å²) in [4.78, 5) is 2.20. The molecule has 2 aromatic carbocycles. The summed E-state index contributed by atoms with van der Waals surface area (Å²) in [5.41, 5.74) is 2.13. The lowest BCUT2D eigenvalue weighted by Crippen LogP contribution is -2.41. The number of aromatic nitrogens is 2. The zero-order valence-corrected chi connectivity index (χ0v) is 21.7. The molecule has 6 nitrogen and oxygen atoms in total. The van der Waals surface area contributed by atoms with Gasteiger partial charge in [-0.25, -0.2) is 9.07 Å². The fourth-order valence-corrected chi connectivity index (χ4v) is 3.73. The van der Waals surface area contributed by atoms with E-state index in [2.05, 4.69) is 18.7 Å². The summed E-state index contributed by atoms with van der Waals surface area (Å²) in [6.45, 7) is 13.3. The van der Waals surface area contributed by atoms with Gasteiger partial charge < -0.3 is 14.6 Å². The quantitative estimate of drug-likeness (QED) is 0.369. The van der Waals surface area contributed by atoms with Crippen LogP contribution >= 0.6 is 0 Å². The van der Waals surface area contributed by atoms with Crippen molar-refractivity contribution >= 4 is 0 Å². The van der Waals surface area contributed by atoms with Gasteiger partial charge in [0.1, 0.15) is 0 Å². The van der Waals surface area contributed by atoms with Gasteiger partial charge in [0.25, 0.3) is 0 Å². The highest BCUT2D eigenvalue weighted by Crippen LogP contribution is 2.33. The van der Waals surface area contributed by atoms with Crippen LogP contribution < -0.4 is 4.74 Å². The Labute approximate surface area is 208 Å². The molecular formula is C28H38FN3O3. The molecule has 0 bridgehead atoms. The SMILES string of the molecule is CC[C@H](C)N(Cc1c(C)nn(-c2ccccc2)c1Oc1ccccc1F)C[C@@H](O)COC(C)(C)C. The summed E-state index contributed by atoms with van der Waals surface area (Å²) in [6.07, 6.45) is 0.256. The first kappa shape index (κ1) is 26.9. The monoisotopic (exact) mass is 483 g/mol. The third-order valence-electron chi connectivity index (χ3n) is 5.91. The Hall–Kier alpha value is -2.74. The number of aliphatic hydroxyl groups excluding tert-OH is 1. The van der Waals surface area contributed by atoms with Crippen LogP contribution in [-0.4, -0.2) is 50.7 Å². The van der Waals surface area contributed by atoms with Crippen molar-refractivity contribution in [3.63, 3.8) is 0 Å². The highest BCUT2D eigenvalue weighted by molar-refractivity contribution is 5.43. The highest BCUT2D eigenvalue weighted by atomic mass is 19.1. The summed E-state index contributed by atoms with van der Waals surface area (Å²) in [6, 6.07) is 16.2. The van der Waals surface area contributed by atoms with Crippen molar-refractivity contribution in [3.05, 3.63) is 71.7 Å². The van der Waals surface area contributed by atoms with Crippen LogP contribution in [0.4, 0.5) is 4.39 Å². The lowest BCUT2D eigenvalue weighted by atomic mass is 10.1. The van der Waals surface area contributed by atoms with Gasteiger partial charge in [-0.1, -0.05) is 37.3 Å². The maximum absolute atomic E-state index is 14.5. The average Bonchev–Trinajstić information content (AvgIpc) is 3.13. The first-order valence-electron chi connectivity index (χ1n) is 12.2. The molecule has 0 aliphatic rings. The van der Waals surface area contributed by atoms with Gasteiger partial charge in [0.05, 0.1) is 35.3 Å². The molecule has 0 spiro atoms. The van der Waals surface area contributed by atoms with Crippen LogP contribution in [0.5, 0.6) is 11.6 Å². The van der Waals surface area contributed by atoms with E-state index in [0.717, 1.165) is 23.4 Å². The predicted molar refractivity (Wildman–Crippen MR) is 137 cm³/mol. The number of benzene rings is 2. The van der Waals surface area contributed by atoms with Crippen LogP contribution in [0, 0.1) is 12.7 Å². The molecule has 2 atom stereocenters. The van der Waals surface area contributed by atoms with E-state index in [1.54, 1.807) is 22.9 Å². The van der Waals surface area contributed by atoms with E-state index in [-0.39, 0.29) is 24.0 Å². The Bertz CT molecular complexity index is 1080. The molecule has 0 aliphatic heterocycles. The maximum Gasteiger partial charge on any atom is 0.227 e. The topological polar surface area (TPSA) is 59.8 Å². The Morgan fingerprint density at radius 2 is 1.74 bits per heavy atom. The van der Waals surface area contributed by atoms with Gasteiger partial charge in [-0.15, -0.1) is 0 Å². The largest absolute Gasteiger partial charge is 0.435 e. The van der Waals surface area contributed by atoms with Crippen molar-refractivity contribution in [2.24, 2.45) is 0 Å². The predicted octanol–water partition coefficient (Wildman–Crippen LogP) is 5.89. The van der Waals surface area contributed by atoms with Crippen molar-refractivity contribution in [1.82, 2.24) is 14.7 Å². The van der Waals surface area contributed by atoms with Gasteiger partial charge in [-0.2, -0.15) is 5.10 Å². The summed E-state index contributed by atoms with van der Waals surface area (Å²) < 4.78 is 28.2. The third-order valence-corrected chi connectivity index (χ3v) is 5.91. The van der Waals surface area contributed by atoms with Gasteiger partial charge in [0.15, 0.2) is 11.6 Å². The second-order valence-corrected chi connectivity index (χ2v) is 9.91. The summed E-state index contributed by atoms with van der Waals surface area (Å²) in [7, 11) is 0. The van der Waals surface area contributed by atoms with Crippen LogP contribution in [0.2, 0.25) is 0 Å². The number of aryl methyl sites for hydroxylation is 1. The molecule has 190 valence electrons. The van der Waals surface area contributed by atoms with E-state index in [0.29, 0.717) is 19.0 Å². The minimum Gasteiger partial charge on any atom is -0.435 e. The molecule has 0 saturated carbocycles. The molecule has 0 fully saturated rings. The van der Waals surface area contributed by atoms with Crippen molar-refractivity contribution in [2.45, 2.75) is 72.3 Å². The lowest BCUT2D eigenvalue weighted by Gasteiger charge is -2.31. The van der Waals surface area contributed by atoms with Crippen molar-refractivity contribution < 1.29 is 19.0 Å². The van der Waals surface area contributed by atoms with Gasteiger partial charge in [0, 0.05) is 19.1 Å². The van der Waals surface area contributed by atoms with E-state index in [4.69, 9.17) is 14.6 Å². The number of halogens is 1. The number of ether oxygens (including phenoxy) is 2. The first-order chi connectivity index (χ1) is 16.6. The fraction of sp³-hybridized carbons (Fsp3) is 0.464. The molecule has 3 rings (SSSR count). The van der Waals surface area contributed by atoms with E-state index >= 15 is 0 Å². The van der Waals surface area contributed by atoms with Crippen LogP contribution in [0.3, 0.4) is 0 Å². The standard InChI is InChI=1S/C28H38FN3O3/c1-7-20(2)31(17-23(33)19-34-28(4,5)6)18-24-21(3)30-32(22-13-9-8-10-14-22)27(24)35-26-16-12-11-15-25(26)29/h8-16,20,23,33H,7,17-19H2,1-6H3/t20-,23+/m0/s1. The average molecular weight is 484 g/mol. The summed E-state index contributed by atoms with van der Waals surface area (Å²) >= 11 is 0. The van der Waals surface area contributed by atoms with Crippen molar-refractivity contribution in [1.29, 1.82) is 0 Å². The van der Waals surface area contributed by atoms with E-state index < -0.39 is 11.9 Å². The van der Waals surface area contributed by atoms with Gasteiger partial charge in [-0.3, -0.25) is 4.90 Å². The Balaban J connectivity index is 1.96. The fourth-order valence-electron chi connectivity index (χ4n) is 3.73. The molecular weight excluding hydrogens is 445 g/mol. The maximum atomic E-state index is 14.5. The molecule has 0 unspecified atom stereocenters. The molecule has 1 N–H and O–H groups in total. The Morgan fingerprint density at radius 3 is 2.37 bits per heavy atom. The highest BCUT2D eigenvalue weighted by Gasteiger charge is 2.25. The minimum atomic E-state index is -0.649. The number of para-hydroxylation sites is 2. The van der Waals surface area contributed by atoms with Crippen LogP contribution in [0.25, 0.3) is 5.69 Å². The van der Waals surface area contributed by atoms with E-state index in [1.165, 1.54) is 6.07 Å². The second kappa shape index (κ2) is 11.8. The van der Waals surface area contributed by atoms with Gasteiger partial charge in [-0.05, 0) is 65.3 Å². The van der Waals surface area contributed by atoms with Crippen LogP contribution in [0.15, 0.2) is 54.6 Å². The molecule has 0 aliphatic carbocycles. The smallest absolute Gasteiger partial charge is 0.227 e. The Morgan fingerprint density at radius 1 is 1.09 bits per heavy atom. The number of nitrogens with zero attached hydrogens (tertiary/aromatic N) is 3. The van der Waals surface area contributed by atoms with Gasteiger partial charge in [0.2, 0.25) is 5.88 Å². The first-order valence-corrected chi connectivity index (χ1v) is 12.2. The lowest BCUT2D eigenvalue weighted by molar-refractivity contribution is -0.0593. The van der Waals surface area contributed by atoms with E-state index in [1.807, 2.05) is 58.0 Å². The zero-order chi connectivity index (χ0) is 25.6. The minimum absolute atomic E-state index is 0.138. The molecule has 3 aromatic rings. The second-order valence-electron chi connectivity index (χ2n) is 9.91. The molecule has 35 heavy (non-hydrogen) atoms. The molecule has 0 amide bonds. The molecule has 7 heteroatoms. The number of hydrogen-bond donors (Lipinski definition) is 1. The number of rotatable bonds is 11. The Kier molecular flexibility index (Phi) is 9.05. The zero-order valence-electron chi connectivity index (χ0n) is 21.7. The molecule has 0 saturated heterocycles. The van der Waals surface area contributed by atoms with E-state index in [9.17, 15) is 9.50 Å². The third kappa shape index (κ3) is 7.37. The van der Waals surface area contributed by atoms with Crippen molar-refractivity contribution in [2.75, 3.05) is 13.2 Å². The summed E-state index contributed by atoms with van der Waals surface area (Å²) in [5.74, 6) is 0.164. The van der Waals surface area contributed by atoms with Gasteiger partial charge >= 0.3 is 0 Å². The molecule has 1 aromatic heterocycles. The molecule has 1 heterocycles. The number of aliphatic hydroxyl groups is 1. The van der Waals surface area contributed by atoms with Crippen LogP contribution in [-0.2, 0) is 11.3 Å². The van der Waals surface area contributed by atoms with Crippen LogP contribution in [0.1, 0.15) is 52.3 Å². The normalized spacial score (nSPS) is 13.7. The summed E-state index contributed by atoms with van der Waals surface area (Å²) in [5, 5.41) is 15.5. The molecule has 0 radical (unpaired) electrons. The van der Waals surface area contributed by atoms with Crippen molar-refractivity contribution in [3.8, 4) is 17.3 Å².